The van der Waals surface area contributed by atoms with Gasteiger partial charge in [0.25, 0.3) is 0 Å². The highest BCUT2D eigenvalue weighted by Gasteiger charge is 2.25. The highest BCUT2D eigenvalue weighted by molar-refractivity contribution is 5.93. The average molecular weight is 234 g/mol. The third kappa shape index (κ3) is 3.75. The SMILES string of the molecule is CC=Cc1ccc(CC(C(=O)O)C(=O)O)cc1. The van der Waals surface area contributed by atoms with Crippen LogP contribution in [-0.2, 0) is 16.0 Å². The summed E-state index contributed by atoms with van der Waals surface area (Å²) in [5.41, 5.74) is 1.70. The van der Waals surface area contributed by atoms with E-state index in [1.807, 2.05) is 31.2 Å². The average Bonchev–Trinajstić information content (AvgIpc) is 2.27. The molecule has 90 valence electrons. The Morgan fingerprint density at radius 2 is 1.71 bits per heavy atom. The Hall–Kier alpha value is -2.10. The van der Waals surface area contributed by atoms with Crippen molar-refractivity contribution in [1.82, 2.24) is 0 Å². The van der Waals surface area contributed by atoms with E-state index in [-0.39, 0.29) is 6.42 Å². The molecule has 2 N–H and O–H groups in total. The van der Waals surface area contributed by atoms with Crippen LogP contribution in [0.15, 0.2) is 30.3 Å². The summed E-state index contributed by atoms with van der Waals surface area (Å²) in [6, 6.07) is 7.15. The number of hydrogen-bond acceptors (Lipinski definition) is 2. The Morgan fingerprint density at radius 1 is 1.18 bits per heavy atom. The predicted molar refractivity (Wildman–Crippen MR) is 63.6 cm³/mol. The molecule has 0 saturated heterocycles. The van der Waals surface area contributed by atoms with E-state index >= 15 is 0 Å². The lowest BCUT2D eigenvalue weighted by Gasteiger charge is -2.07. The zero-order chi connectivity index (χ0) is 12.8. The van der Waals surface area contributed by atoms with Gasteiger partial charge in [-0.3, -0.25) is 9.59 Å². The van der Waals surface area contributed by atoms with Gasteiger partial charge in [-0.05, 0) is 24.5 Å². The van der Waals surface area contributed by atoms with Crippen LogP contribution >= 0.6 is 0 Å². The number of rotatable bonds is 5. The number of hydrogen-bond donors (Lipinski definition) is 2. The Morgan fingerprint density at radius 3 is 2.12 bits per heavy atom. The van der Waals surface area contributed by atoms with Gasteiger partial charge in [0, 0.05) is 0 Å². The fourth-order valence-electron chi connectivity index (χ4n) is 1.47. The first-order valence-corrected chi connectivity index (χ1v) is 5.22. The summed E-state index contributed by atoms with van der Waals surface area (Å²) in [5, 5.41) is 17.5. The third-order valence-electron chi connectivity index (χ3n) is 2.37. The summed E-state index contributed by atoms with van der Waals surface area (Å²) in [6.07, 6.45) is 3.81. The van der Waals surface area contributed by atoms with E-state index in [0.717, 1.165) is 5.56 Å². The Balaban J connectivity index is 2.80. The third-order valence-corrected chi connectivity index (χ3v) is 2.37. The second kappa shape index (κ2) is 5.84. The molecule has 0 saturated carbocycles. The fraction of sp³-hybridized carbons (Fsp3) is 0.231. The number of benzene rings is 1. The van der Waals surface area contributed by atoms with Crippen molar-refractivity contribution in [3.05, 3.63) is 41.5 Å². The van der Waals surface area contributed by atoms with Gasteiger partial charge in [-0.2, -0.15) is 0 Å². The van der Waals surface area contributed by atoms with Gasteiger partial charge in [0.1, 0.15) is 0 Å². The highest BCUT2D eigenvalue weighted by atomic mass is 16.4. The van der Waals surface area contributed by atoms with E-state index in [2.05, 4.69) is 0 Å². The summed E-state index contributed by atoms with van der Waals surface area (Å²) in [7, 11) is 0. The lowest BCUT2D eigenvalue weighted by molar-refractivity contribution is -0.154. The predicted octanol–water partition coefficient (Wildman–Crippen LogP) is 2.05. The summed E-state index contributed by atoms with van der Waals surface area (Å²) in [6.45, 7) is 1.90. The monoisotopic (exact) mass is 234 g/mol. The van der Waals surface area contributed by atoms with Crippen LogP contribution in [0.25, 0.3) is 6.08 Å². The van der Waals surface area contributed by atoms with Crippen molar-refractivity contribution >= 4 is 18.0 Å². The maximum atomic E-state index is 10.7. The zero-order valence-electron chi connectivity index (χ0n) is 9.46. The van der Waals surface area contributed by atoms with E-state index in [9.17, 15) is 9.59 Å². The molecule has 0 aromatic heterocycles. The molecule has 0 aliphatic heterocycles. The lowest BCUT2D eigenvalue weighted by Crippen LogP contribution is -2.25. The molecule has 0 amide bonds. The zero-order valence-corrected chi connectivity index (χ0v) is 9.46. The van der Waals surface area contributed by atoms with Crippen LogP contribution in [0, 0.1) is 5.92 Å². The maximum Gasteiger partial charge on any atom is 0.318 e. The highest BCUT2D eigenvalue weighted by Crippen LogP contribution is 2.12. The van der Waals surface area contributed by atoms with E-state index in [1.165, 1.54) is 0 Å². The summed E-state index contributed by atoms with van der Waals surface area (Å²) in [5.74, 6) is -4.01. The molecule has 1 aromatic rings. The minimum absolute atomic E-state index is 0.000780. The number of carbonyl (C=O) groups is 2. The maximum absolute atomic E-state index is 10.7. The second-order valence-corrected chi connectivity index (χ2v) is 3.67. The van der Waals surface area contributed by atoms with Gasteiger partial charge in [-0.1, -0.05) is 36.4 Å². The van der Waals surface area contributed by atoms with Gasteiger partial charge in [0.05, 0.1) is 0 Å². The largest absolute Gasteiger partial charge is 0.481 e. The first-order valence-electron chi connectivity index (χ1n) is 5.22. The van der Waals surface area contributed by atoms with Crippen molar-refractivity contribution < 1.29 is 19.8 Å². The summed E-state index contributed by atoms with van der Waals surface area (Å²) < 4.78 is 0. The van der Waals surface area contributed by atoms with Crippen LogP contribution in [0.5, 0.6) is 0 Å². The van der Waals surface area contributed by atoms with Gasteiger partial charge in [-0.15, -0.1) is 0 Å². The molecular formula is C13H14O4. The van der Waals surface area contributed by atoms with Gasteiger partial charge < -0.3 is 10.2 Å². The molecule has 0 aliphatic rings. The Labute approximate surface area is 99.2 Å². The van der Waals surface area contributed by atoms with Crippen LogP contribution in [-0.4, -0.2) is 22.2 Å². The Kier molecular flexibility index (Phi) is 4.46. The molecule has 0 heterocycles. The topological polar surface area (TPSA) is 74.6 Å². The van der Waals surface area contributed by atoms with Gasteiger partial charge in [0.2, 0.25) is 0 Å². The molecule has 0 fully saturated rings. The van der Waals surface area contributed by atoms with Crippen LogP contribution in [0.3, 0.4) is 0 Å². The molecule has 4 nitrogen and oxygen atoms in total. The second-order valence-electron chi connectivity index (χ2n) is 3.67. The molecule has 17 heavy (non-hydrogen) atoms. The van der Waals surface area contributed by atoms with E-state index < -0.39 is 17.9 Å². The normalized spacial score (nSPS) is 10.9. The molecule has 0 spiro atoms. The van der Waals surface area contributed by atoms with Crippen LogP contribution in [0.2, 0.25) is 0 Å². The smallest absolute Gasteiger partial charge is 0.318 e. The number of carboxylic acids is 2. The number of aliphatic carboxylic acids is 2. The first kappa shape index (κ1) is 13.0. The summed E-state index contributed by atoms with van der Waals surface area (Å²) in [4.78, 5) is 21.4. The van der Waals surface area contributed by atoms with Gasteiger partial charge in [-0.25, -0.2) is 0 Å². The molecule has 1 rings (SSSR count). The minimum atomic E-state index is -1.39. The van der Waals surface area contributed by atoms with E-state index in [0.29, 0.717) is 5.56 Å². The standard InChI is InChI=1S/C13H14O4/c1-2-3-9-4-6-10(7-5-9)8-11(12(14)15)13(16)17/h2-7,11H,8H2,1H3,(H,14,15)(H,16,17). The van der Waals surface area contributed by atoms with Crippen molar-refractivity contribution in [3.63, 3.8) is 0 Å². The molecule has 0 radical (unpaired) electrons. The van der Waals surface area contributed by atoms with E-state index in [4.69, 9.17) is 10.2 Å². The van der Waals surface area contributed by atoms with Crippen molar-refractivity contribution in [2.75, 3.05) is 0 Å². The van der Waals surface area contributed by atoms with Crippen LogP contribution in [0.1, 0.15) is 18.1 Å². The first-order chi connectivity index (χ1) is 8.04. The number of carboxylic acid groups (broad SMARTS) is 2. The fourth-order valence-corrected chi connectivity index (χ4v) is 1.47. The number of allylic oxidation sites excluding steroid dienone is 1. The molecule has 0 bridgehead atoms. The minimum Gasteiger partial charge on any atom is -0.481 e. The molecular weight excluding hydrogens is 220 g/mol. The van der Waals surface area contributed by atoms with Crippen molar-refractivity contribution in [2.45, 2.75) is 13.3 Å². The Bertz CT molecular complexity index is 417. The van der Waals surface area contributed by atoms with Crippen molar-refractivity contribution in [1.29, 1.82) is 0 Å². The summed E-state index contributed by atoms with van der Waals surface area (Å²) >= 11 is 0. The quantitative estimate of drug-likeness (QED) is 0.764. The lowest BCUT2D eigenvalue weighted by atomic mass is 9.99. The van der Waals surface area contributed by atoms with E-state index in [1.54, 1.807) is 12.1 Å². The van der Waals surface area contributed by atoms with Crippen LogP contribution in [0.4, 0.5) is 0 Å². The molecule has 0 unspecified atom stereocenters. The molecule has 0 atom stereocenters. The van der Waals surface area contributed by atoms with Crippen molar-refractivity contribution in [3.8, 4) is 0 Å². The van der Waals surface area contributed by atoms with Crippen LogP contribution < -0.4 is 0 Å². The van der Waals surface area contributed by atoms with Gasteiger partial charge in [0.15, 0.2) is 5.92 Å². The molecule has 1 aromatic carbocycles. The van der Waals surface area contributed by atoms with Crippen molar-refractivity contribution in [2.24, 2.45) is 5.92 Å². The van der Waals surface area contributed by atoms with Gasteiger partial charge >= 0.3 is 11.9 Å². The molecule has 4 heteroatoms. The molecule has 0 aliphatic carbocycles.